The van der Waals surface area contributed by atoms with Gasteiger partial charge < -0.3 is 0 Å². The molecule has 0 N–H and O–H groups in total. The third-order valence-electron chi connectivity index (χ3n) is 2.10. The lowest BCUT2D eigenvalue weighted by Gasteiger charge is -2.31. The SMILES string of the molecule is CC(CC#N)C(C)S(C)(C)F. The largest absolute Gasteiger partial charge is 0.198 e. The molecule has 0 aromatic heterocycles. The highest BCUT2D eigenvalue weighted by atomic mass is 32.3. The molecule has 0 fully saturated rings. The summed E-state index contributed by atoms with van der Waals surface area (Å²) in [5.74, 6) is 0.176. The van der Waals surface area contributed by atoms with Crippen molar-refractivity contribution < 1.29 is 3.89 Å². The second-order valence-electron chi connectivity index (χ2n) is 3.32. The van der Waals surface area contributed by atoms with Crippen LogP contribution in [-0.4, -0.2) is 17.8 Å². The molecule has 0 aliphatic rings. The Kier molecular flexibility index (Phi) is 3.88. The maximum Gasteiger partial charge on any atom is 0.0624 e. The molecule has 0 saturated heterocycles. The molecular formula is C8H16FNS. The van der Waals surface area contributed by atoms with Gasteiger partial charge in [0.1, 0.15) is 0 Å². The van der Waals surface area contributed by atoms with Gasteiger partial charge in [0.15, 0.2) is 0 Å². The molecule has 0 spiro atoms. The van der Waals surface area contributed by atoms with Crippen molar-refractivity contribution in [3.63, 3.8) is 0 Å². The molecule has 0 aliphatic carbocycles. The van der Waals surface area contributed by atoms with Crippen LogP contribution < -0.4 is 0 Å². The molecule has 3 heteroatoms. The standard InChI is InChI=1S/C8H16FNS/c1-7(5-6-10)8(2)11(3,4)9/h7-8H,5H2,1-4H3. The molecule has 0 aromatic rings. The lowest BCUT2D eigenvalue weighted by molar-refractivity contribution is 0.576. The molecule has 66 valence electrons. The Morgan fingerprint density at radius 1 is 1.45 bits per heavy atom. The molecule has 0 aliphatic heterocycles. The fourth-order valence-electron chi connectivity index (χ4n) is 0.862. The van der Waals surface area contributed by atoms with Gasteiger partial charge in [0, 0.05) is 11.7 Å². The van der Waals surface area contributed by atoms with Crippen LogP contribution in [0.15, 0.2) is 0 Å². The summed E-state index contributed by atoms with van der Waals surface area (Å²) in [5, 5.41) is 8.42. The summed E-state index contributed by atoms with van der Waals surface area (Å²) in [5.41, 5.74) is 0. The lowest BCUT2D eigenvalue weighted by Crippen LogP contribution is -2.17. The Morgan fingerprint density at radius 3 is 2.18 bits per heavy atom. The van der Waals surface area contributed by atoms with E-state index in [0.29, 0.717) is 6.42 Å². The van der Waals surface area contributed by atoms with E-state index in [4.69, 9.17) is 5.26 Å². The van der Waals surface area contributed by atoms with Gasteiger partial charge in [-0.25, -0.2) is 0 Å². The Labute approximate surface area is 70.2 Å². The number of halogens is 1. The van der Waals surface area contributed by atoms with E-state index in [0.717, 1.165) is 0 Å². The van der Waals surface area contributed by atoms with Crippen molar-refractivity contribution in [3.8, 4) is 6.07 Å². The minimum atomic E-state index is -1.98. The monoisotopic (exact) mass is 177 g/mol. The molecule has 0 rings (SSSR count). The zero-order valence-electron chi connectivity index (χ0n) is 7.60. The fourth-order valence-corrected chi connectivity index (χ4v) is 2.06. The van der Waals surface area contributed by atoms with Gasteiger partial charge in [0.2, 0.25) is 0 Å². The fraction of sp³-hybridized carbons (Fsp3) is 0.875. The summed E-state index contributed by atoms with van der Waals surface area (Å²) in [6.07, 6.45) is 3.75. The first-order valence-corrected chi connectivity index (χ1v) is 6.09. The first-order valence-electron chi connectivity index (χ1n) is 3.68. The molecule has 0 saturated carbocycles. The third kappa shape index (κ3) is 3.62. The van der Waals surface area contributed by atoms with Crippen molar-refractivity contribution in [2.75, 3.05) is 12.5 Å². The number of hydrogen-bond donors (Lipinski definition) is 0. The molecular weight excluding hydrogens is 161 g/mol. The van der Waals surface area contributed by atoms with Crippen molar-refractivity contribution in [2.45, 2.75) is 25.5 Å². The van der Waals surface area contributed by atoms with Gasteiger partial charge in [-0.15, -0.1) is 0 Å². The molecule has 1 nitrogen and oxygen atoms in total. The summed E-state index contributed by atoms with van der Waals surface area (Å²) >= 11 is 0. The van der Waals surface area contributed by atoms with Gasteiger partial charge in [-0.1, -0.05) is 24.3 Å². The molecule has 0 bridgehead atoms. The van der Waals surface area contributed by atoms with Gasteiger partial charge >= 0.3 is 0 Å². The molecule has 0 heterocycles. The number of nitrogens with zero attached hydrogens (tertiary/aromatic N) is 1. The molecule has 11 heavy (non-hydrogen) atoms. The maximum atomic E-state index is 13.3. The predicted octanol–water partition coefficient (Wildman–Crippen LogP) is 2.87. The third-order valence-corrected chi connectivity index (χ3v) is 4.33. The molecule has 0 amide bonds. The summed E-state index contributed by atoms with van der Waals surface area (Å²) in [4.78, 5) is 0. The quantitative estimate of drug-likeness (QED) is 0.650. The van der Waals surface area contributed by atoms with Gasteiger partial charge in [0.25, 0.3) is 0 Å². The minimum Gasteiger partial charge on any atom is -0.198 e. The zero-order chi connectivity index (χ0) is 9.07. The average molecular weight is 177 g/mol. The Hall–Kier alpha value is -0.230. The lowest BCUT2D eigenvalue weighted by atomic mass is 10.1. The van der Waals surface area contributed by atoms with Crippen LogP contribution in [0.1, 0.15) is 20.3 Å². The Balaban J connectivity index is 4.04. The number of rotatable bonds is 3. The predicted molar refractivity (Wildman–Crippen MR) is 49.4 cm³/mol. The second-order valence-corrected chi connectivity index (χ2v) is 6.62. The van der Waals surface area contributed by atoms with Crippen LogP contribution in [0.25, 0.3) is 0 Å². The summed E-state index contributed by atoms with van der Waals surface area (Å²) in [6.45, 7) is 3.82. The van der Waals surface area contributed by atoms with Crippen molar-refractivity contribution >= 4 is 10.4 Å². The second kappa shape index (κ2) is 3.96. The zero-order valence-corrected chi connectivity index (χ0v) is 8.41. The van der Waals surface area contributed by atoms with E-state index < -0.39 is 10.4 Å². The minimum absolute atomic E-state index is 0.0298. The molecule has 2 atom stereocenters. The maximum absolute atomic E-state index is 13.3. The van der Waals surface area contributed by atoms with Gasteiger partial charge in [-0.05, 0) is 18.4 Å². The highest BCUT2D eigenvalue weighted by molar-refractivity contribution is 8.28. The van der Waals surface area contributed by atoms with E-state index in [1.54, 1.807) is 12.5 Å². The molecule has 0 aromatic carbocycles. The van der Waals surface area contributed by atoms with Crippen LogP contribution in [0.3, 0.4) is 0 Å². The van der Waals surface area contributed by atoms with Crippen LogP contribution >= 0.6 is 10.4 Å². The number of hydrogen-bond acceptors (Lipinski definition) is 1. The highest BCUT2D eigenvalue weighted by Gasteiger charge is 2.24. The Bertz CT molecular complexity index is 156. The first-order chi connectivity index (χ1) is 4.89. The van der Waals surface area contributed by atoms with Crippen LogP contribution in [0.5, 0.6) is 0 Å². The summed E-state index contributed by atoms with van der Waals surface area (Å²) in [7, 11) is -1.98. The van der Waals surface area contributed by atoms with E-state index in [1.165, 1.54) is 0 Å². The van der Waals surface area contributed by atoms with E-state index in [1.807, 2.05) is 13.8 Å². The van der Waals surface area contributed by atoms with Crippen LogP contribution in [-0.2, 0) is 0 Å². The Morgan fingerprint density at radius 2 is 1.91 bits per heavy atom. The van der Waals surface area contributed by atoms with Crippen molar-refractivity contribution in [1.29, 1.82) is 5.26 Å². The van der Waals surface area contributed by atoms with Crippen molar-refractivity contribution in [2.24, 2.45) is 5.92 Å². The average Bonchev–Trinajstić information content (AvgIpc) is 1.85. The first kappa shape index (κ1) is 10.8. The molecule has 0 radical (unpaired) electrons. The van der Waals surface area contributed by atoms with E-state index in [9.17, 15) is 3.89 Å². The topological polar surface area (TPSA) is 23.8 Å². The van der Waals surface area contributed by atoms with E-state index in [-0.39, 0.29) is 11.2 Å². The summed E-state index contributed by atoms with van der Waals surface area (Å²) in [6, 6.07) is 2.07. The van der Waals surface area contributed by atoms with Gasteiger partial charge in [0.05, 0.1) is 6.07 Å². The van der Waals surface area contributed by atoms with Gasteiger partial charge in [-0.2, -0.15) is 9.15 Å². The number of nitriles is 1. The van der Waals surface area contributed by atoms with Crippen molar-refractivity contribution in [1.82, 2.24) is 0 Å². The normalized spacial score (nSPS) is 18.5. The van der Waals surface area contributed by atoms with E-state index in [2.05, 4.69) is 6.07 Å². The van der Waals surface area contributed by atoms with Crippen LogP contribution in [0.2, 0.25) is 0 Å². The van der Waals surface area contributed by atoms with Gasteiger partial charge in [-0.3, -0.25) is 0 Å². The van der Waals surface area contributed by atoms with Crippen LogP contribution in [0, 0.1) is 17.2 Å². The highest BCUT2D eigenvalue weighted by Crippen LogP contribution is 2.49. The van der Waals surface area contributed by atoms with E-state index >= 15 is 0 Å². The smallest absolute Gasteiger partial charge is 0.0624 e. The summed E-state index contributed by atoms with van der Waals surface area (Å²) < 4.78 is 13.3. The van der Waals surface area contributed by atoms with Crippen LogP contribution in [0.4, 0.5) is 3.89 Å². The van der Waals surface area contributed by atoms with Crippen molar-refractivity contribution in [3.05, 3.63) is 0 Å². The molecule has 2 unspecified atom stereocenters.